The molecule has 2 aliphatic carbocycles. The van der Waals surface area contributed by atoms with Crippen LogP contribution in [0.15, 0.2) is 0 Å². The van der Waals surface area contributed by atoms with E-state index in [0.29, 0.717) is 6.04 Å². The van der Waals surface area contributed by atoms with Crippen molar-refractivity contribution in [3.63, 3.8) is 0 Å². The zero-order valence-corrected chi connectivity index (χ0v) is 12.9. The molecular formula is C15H27N5. The highest BCUT2D eigenvalue weighted by Crippen LogP contribution is 2.41. The Morgan fingerprint density at radius 3 is 2.30 bits per heavy atom. The fraction of sp³-hybridized carbons (Fsp3) is 0.933. The molecule has 0 aromatic carbocycles. The molecule has 0 N–H and O–H groups in total. The van der Waals surface area contributed by atoms with Gasteiger partial charge in [-0.2, -0.15) is 0 Å². The van der Waals surface area contributed by atoms with Gasteiger partial charge < -0.3 is 0 Å². The fourth-order valence-corrected chi connectivity index (χ4v) is 4.08. The fourth-order valence-electron chi connectivity index (χ4n) is 4.08. The van der Waals surface area contributed by atoms with Crippen LogP contribution in [0.3, 0.4) is 0 Å². The predicted octanol–water partition coefficient (Wildman–Crippen LogP) is 2.90. The molecule has 3 rings (SSSR count). The van der Waals surface area contributed by atoms with Gasteiger partial charge in [0, 0.05) is 0 Å². The van der Waals surface area contributed by atoms with Gasteiger partial charge in [0.25, 0.3) is 0 Å². The first kappa shape index (κ1) is 14.0. The molecule has 0 bridgehead atoms. The summed E-state index contributed by atoms with van der Waals surface area (Å²) >= 11 is 0. The summed E-state index contributed by atoms with van der Waals surface area (Å²) in [5.41, 5.74) is 0.0548. The number of hydrogen-bond donors (Lipinski definition) is 0. The highest BCUT2D eigenvalue weighted by molar-refractivity contribution is 5.07. The van der Waals surface area contributed by atoms with Crippen LogP contribution in [-0.2, 0) is 5.54 Å². The predicted molar refractivity (Wildman–Crippen MR) is 78.4 cm³/mol. The maximum Gasteiger partial charge on any atom is 0.171 e. The largest absolute Gasteiger partial charge is 0.297 e. The van der Waals surface area contributed by atoms with Crippen LogP contribution >= 0.6 is 0 Å². The third-order valence-corrected chi connectivity index (χ3v) is 5.37. The second-order valence-corrected chi connectivity index (χ2v) is 6.73. The van der Waals surface area contributed by atoms with Gasteiger partial charge in [0.05, 0.1) is 11.6 Å². The number of aromatic nitrogens is 4. The molecule has 20 heavy (non-hydrogen) atoms. The van der Waals surface area contributed by atoms with E-state index < -0.39 is 0 Å². The highest BCUT2D eigenvalue weighted by Gasteiger charge is 2.41. The van der Waals surface area contributed by atoms with Gasteiger partial charge in [0.15, 0.2) is 5.82 Å². The van der Waals surface area contributed by atoms with Gasteiger partial charge in [-0.15, -0.1) is 5.10 Å². The van der Waals surface area contributed by atoms with Crippen LogP contribution in [0, 0.1) is 0 Å². The summed E-state index contributed by atoms with van der Waals surface area (Å²) in [5.74, 6) is 1.12. The van der Waals surface area contributed by atoms with Crippen molar-refractivity contribution in [2.75, 3.05) is 14.1 Å². The Bertz CT molecular complexity index is 427. The van der Waals surface area contributed by atoms with E-state index in [1.165, 1.54) is 64.2 Å². The average Bonchev–Trinajstić information content (AvgIpc) is 2.98. The molecule has 0 unspecified atom stereocenters. The highest BCUT2D eigenvalue weighted by atomic mass is 15.6. The molecule has 2 aliphatic rings. The van der Waals surface area contributed by atoms with Crippen molar-refractivity contribution < 1.29 is 0 Å². The zero-order valence-electron chi connectivity index (χ0n) is 12.9. The molecule has 0 saturated heterocycles. The first-order chi connectivity index (χ1) is 9.74. The van der Waals surface area contributed by atoms with Crippen LogP contribution in [0.4, 0.5) is 0 Å². The van der Waals surface area contributed by atoms with E-state index in [9.17, 15) is 0 Å². The standard InChI is InChI=1S/C15H27N5/c1-19(2)15(11-7-4-8-12-15)14-16-17-18-20(14)13-9-5-3-6-10-13/h13H,3-12H2,1-2H3. The van der Waals surface area contributed by atoms with Crippen molar-refractivity contribution in [2.24, 2.45) is 0 Å². The minimum atomic E-state index is 0.0548. The minimum absolute atomic E-state index is 0.0548. The van der Waals surface area contributed by atoms with Crippen LogP contribution in [-0.4, -0.2) is 39.2 Å². The van der Waals surface area contributed by atoms with Crippen molar-refractivity contribution in [3.8, 4) is 0 Å². The lowest BCUT2D eigenvalue weighted by atomic mass is 9.79. The average molecular weight is 277 g/mol. The van der Waals surface area contributed by atoms with E-state index in [4.69, 9.17) is 0 Å². The summed E-state index contributed by atoms with van der Waals surface area (Å²) in [6, 6.07) is 0.521. The smallest absolute Gasteiger partial charge is 0.171 e. The van der Waals surface area contributed by atoms with Gasteiger partial charge in [-0.25, -0.2) is 4.68 Å². The van der Waals surface area contributed by atoms with Crippen LogP contribution in [0.25, 0.3) is 0 Å². The van der Waals surface area contributed by atoms with Gasteiger partial charge in [0.2, 0.25) is 0 Å². The van der Waals surface area contributed by atoms with Crippen molar-refractivity contribution in [1.82, 2.24) is 25.1 Å². The maximum atomic E-state index is 4.47. The quantitative estimate of drug-likeness (QED) is 0.852. The molecule has 1 heterocycles. The lowest BCUT2D eigenvalue weighted by Gasteiger charge is -2.42. The minimum Gasteiger partial charge on any atom is -0.297 e. The molecule has 0 radical (unpaired) electrons. The molecule has 2 saturated carbocycles. The number of nitrogens with zero attached hydrogens (tertiary/aromatic N) is 5. The molecular weight excluding hydrogens is 250 g/mol. The van der Waals surface area contributed by atoms with E-state index >= 15 is 0 Å². The van der Waals surface area contributed by atoms with E-state index in [2.05, 4.69) is 39.2 Å². The SMILES string of the molecule is CN(C)C1(c2nnnn2C2CCCCC2)CCCCC1. The molecule has 5 heteroatoms. The monoisotopic (exact) mass is 277 g/mol. The molecule has 0 spiro atoms. The maximum absolute atomic E-state index is 4.47. The lowest BCUT2D eigenvalue weighted by Crippen LogP contribution is -2.45. The van der Waals surface area contributed by atoms with Crippen LogP contribution in [0.5, 0.6) is 0 Å². The summed E-state index contributed by atoms with van der Waals surface area (Å²) in [5, 5.41) is 12.9. The summed E-state index contributed by atoms with van der Waals surface area (Å²) in [7, 11) is 4.37. The van der Waals surface area contributed by atoms with Crippen molar-refractivity contribution in [2.45, 2.75) is 75.8 Å². The van der Waals surface area contributed by atoms with E-state index in [1.807, 2.05) is 0 Å². The number of hydrogen-bond acceptors (Lipinski definition) is 4. The third kappa shape index (κ3) is 2.36. The summed E-state index contributed by atoms with van der Waals surface area (Å²) in [6.07, 6.45) is 12.8. The summed E-state index contributed by atoms with van der Waals surface area (Å²) in [6.45, 7) is 0. The van der Waals surface area contributed by atoms with E-state index in [-0.39, 0.29) is 5.54 Å². The van der Waals surface area contributed by atoms with Crippen molar-refractivity contribution in [1.29, 1.82) is 0 Å². The normalized spacial score (nSPS) is 24.1. The lowest BCUT2D eigenvalue weighted by molar-refractivity contribution is 0.0795. The second-order valence-electron chi connectivity index (χ2n) is 6.73. The molecule has 0 amide bonds. The van der Waals surface area contributed by atoms with Crippen LogP contribution in [0.2, 0.25) is 0 Å². The molecule has 0 aliphatic heterocycles. The Balaban J connectivity index is 1.93. The van der Waals surface area contributed by atoms with Crippen molar-refractivity contribution in [3.05, 3.63) is 5.82 Å². The molecule has 1 aromatic heterocycles. The van der Waals surface area contributed by atoms with Crippen LogP contribution < -0.4 is 0 Å². The summed E-state index contributed by atoms with van der Waals surface area (Å²) < 4.78 is 2.17. The molecule has 2 fully saturated rings. The van der Waals surface area contributed by atoms with Gasteiger partial charge in [0.1, 0.15) is 0 Å². The Hall–Kier alpha value is -0.970. The Labute approximate surface area is 121 Å². The second kappa shape index (κ2) is 5.80. The molecule has 5 nitrogen and oxygen atoms in total. The topological polar surface area (TPSA) is 46.8 Å². The van der Waals surface area contributed by atoms with Gasteiger partial charge in [-0.05, 0) is 50.2 Å². The first-order valence-electron chi connectivity index (χ1n) is 8.20. The Morgan fingerprint density at radius 1 is 1.00 bits per heavy atom. The van der Waals surface area contributed by atoms with Crippen molar-refractivity contribution >= 4 is 0 Å². The van der Waals surface area contributed by atoms with Gasteiger partial charge in [-0.3, -0.25) is 4.90 Å². The molecule has 112 valence electrons. The first-order valence-corrected chi connectivity index (χ1v) is 8.20. The third-order valence-electron chi connectivity index (χ3n) is 5.37. The number of rotatable bonds is 3. The van der Waals surface area contributed by atoms with Gasteiger partial charge in [-0.1, -0.05) is 38.5 Å². The van der Waals surface area contributed by atoms with E-state index in [0.717, 1.165) is 5.82 Å². The van der Waals surface area contributed by atoms with Crippen LogP contribution in [0.1, 0.15) is 76.1 Å². The van der Waals surface area contributed by atoms with Gasteiger partial charge >= 0.3 is 0 Å². The molecule has 0 atom stereocenters. The zero-order chi connectivity index (χ0) is 14.0. The molecule has 1 aromatic rings. The number of tetrazole rings is 1. The summed E-state index contributed by atoms with van der Waals surface area (Å²) in [4.78, 5) is 2.36. The Kier molecular flexibility index (Phi) is 4.06. The van der Waals surface area contributed by atoms with E-state index in [1.54, 1.807) is 0 Å². The Morgan fingerprint density at radius 2 is 1.65 bits per heavy atom.